The molecule has 0 saturated carbocycles. The van der Waals surface area contributed by atoms with Crippen LogP contribution in [0.5, 0.6) is 34.5 Å². The zero-order valence-corrected chi connectivity index (χ0v) is 34.2. The minimum Gasteiger partial charge on any atom is -0.551 e. The van der Waals surface area contributed by atoms with Crippen molar-refractivity contribution >= 4 is 69.8 Å². The van der Waals surface area contributed by atoms with E-state index in [-0.39, 0.29) is 0 Å². The summed E-state index contributed by atoms with van der Waals surface area (Å²) in [6.07, 6.45) is 0. The van der Waals surface area contributed by atoms with Crippen molar-refractivity contribution in [2.24, 2.45) is 0 Å². The van der Waals surface area contributed by atoms with Crippen LogP contribution in [0.3, 0.4) is 0 Å². The van der Waals surface area contributed by atoms with Crippen molar-refractivity contribution < 1.29 is 18.8 Å². The van der Waals surface area contributed by atoms with Crippen molar-refractivity contribution in [2.75, 3.05) is 9.80 Å². The first-order valence-corrected chi connectivity index (χ1v) is 21.4. The van der Waals surface area contributed by atoms with Crippen molar-refractivity contribution in [3.63, 3.8) is 0 Å². The molecular formula is C55H36B2N2O4. The van der Waals surface area contributed by atoms with Crippen LogP contribution in [-0.2, 0) is 0 Å². The Balaban J connectivity index is 0.999. The fourth-order valence-electron chi connectivity index (χ4n) is 9.95. The monoisotopic (exact) mass is 810 g/mol. The van der Waals surface area contributed by atoms with Gasteiger partial charge < -0.3 is 28.6 Å². The minimum absolute atomic E-state index is 0.432. The summed E-state index contributed by atoms with van der Waals surface area (Å²) in [5.74, 6) is 4.61. The molecule has 4 heterocycles. The lowest BCUT2D eigenvalue weighted by molar-refractivity contribution is 0.452. The topological polar surface area (TPSA) is 43.4 Å². The summed E-state index contributed by atoms with van der Waals surface area (Å²) in [6.45, 7) is 1.23. The number of ether oxygens (including phenoxy) is 2. The second kappa shape index (κ2) is 14.0. The van der Waals surface area contributed by atoms with Gasteiger partial charge in [-0.15, -0.1) is 0 Å². The lowest BCUT2D eigenvalue weighted by atomic mass is 9.46. The highest BCUT2D eigenvalue weighted by Crippen LogP contribution is 2.48. The van der Waals surface area contributed by atoms with Crippen LogP contribution in [0.2, 0.25) is 0 Å². The largest absolute Gasteiger partial charge is 0.551 e. The Morgan fingerprint density at radius 1 is 0.333 bits per heavy atom. The zero-order valence-electron chi connectivity index (χ0n) is 34.2. The Morgan fingerprint density at radius 2 is 0.683 bits per heavy atom. The molecular weight excluding hydrogens is 774 g/mol. The van der Waals surface area contributed by atoms with Crippen molar-refractivity contribution in [1.82, 2.24) is 0 Å². The van der Waals surface area contributed by atoms with Gasteiger partial charge in [0.2, 0.25) is 0 Å². The smallest absolute Gasteiger partial charge is 0.434 e. The minimum atomic E-state index is -0.432. The van der Waals surface area contributed by atoms with Crippen molar-refractivity contribution in [3.05, 3.63) is 206 Å². The molecule has 0 spiro atoms. The van der Waals surface area contributed by atoms with Crippen LogP contribution < -0.4 is 50.4 Å². The molecule has 0 aromatic heterocycles. The van der Waals surface area contributed by atoms with E-state index >= 15 is 0 Å². The van der Waals surface area contributed by atoms with Crippen LogP contribution in [-0.4, -0.2) is 13.8 Å². The Kier molecular flexibility index (Phi) is 7.91. The van der Waals surface area contributed by atoms with E-state index in [0.717, 1.165) is 118 Å². The third-order valence-corrected chi connectivity index (χ3v) is 12.7. The second-order valence-electron chi connectivity index (χ2n) is 16.4. The Bertz CT molecular complexity index is 2980. The van der Waals surface area contributed by atoms with Crippen LogP contribution in [0.15, 0.2) is 200 Å². The number of rotatable bonds is 6. The van der Waals surface area contributed by atoms with Gasteiger partial charge >= 0.3 is 13.8 Å². The van der Waals surface area contributed by atoms with Gasteiger partial charge in [0.15, 0.2) is 0 Å². The van der Waals surface area contributed by atoms with Crippen molar-refractivity contribution in [1.29, 1.82) is 0 Å². The zero-order chi connectivity index (χ0) is 41.6. The van der Waals surface area contributed by atoms with E-state index in [9.17, 15) is 0 Å². The van der Waals surface area contributed by atoms with Gasteiger partial charge in [0.1, 0.15) is 34.5 Å². The molecule has 8 heteroatoms. The maximum atomic E-state index is 7.19. The number of hydrogen-bond donors (Lipinski definition) is 0. The number of para-hydroxylation sites is 6. The molecule has 6 nitrogen and oxygen atoms in total. The molecule has 4 aliphatic rings. The van der Waals surface area contributed by atoms with Gasteiger partial charge in [-0.25, -0.2) is 0 Å². The second-order valence-corrected chi connectivity index (χ2v) is 16.4. The summed E-state index contributed by atoms with van der Waals surface area (Å²) >= 11 is 0. The van der Waals surface area contributed by atoms with Gasteiger partial charge in [0.25, 0.3) is 0 Å². The summed E-state index contributed by atoms with van der Waals surface area (Å²) in [7, 11) is 0. The van der Waals surface area contributed by atoms with E-state index < -0.39 is 13.8 Å². The van der Waals surface area contributed by atoms with Crippen molar-refractivity contribution in [2.45, 2.75) is 6.92 Å². The maximum Gasteiger partial charge on any atom is 0.434 e. The third-order valence-electron chi connectivity index (χ3n) is 12.7. The van der Waals surface area contributed by atoms with E-state index in [1.165, 1.54) is 0 Å². The van der Waals surface area contributed by atoms with Gasteiger partial charge in [-0.1, -0.05) is 115 Å². The Morgan fingerprint density at radius 3 is 1.06 bits per heavy atom. The molecule has 0 aliphatic carbocycles. The highest BCUT2D eigenvalue weighted by atomic mass is 16.5. The molecule has 0 atom stereocenters. The summed E-state index contributed by atoms with van der Waals surface area (Å²) in [4.78, 5) is 4.56. The van der Waals surface area contributed by atoms with Gasteiger partial charge in [0.05, 0.1) is 11.4 Å². The fourth-order valence-corrected chi connectivity index (χ4v) is 9.95. The Hall–Kier alpha value is -8.09. The lowest BCUT2D eigenvalue weighted by Crippen LogP contribution is -2.58. The van der Waals surface area contributed by atoms with Gasteiger partial charge in [0, 0.05) is 73.4 Å². The molecule has 13 rings (SSSR count). The van der Waals surface area contributed by atoms with Crippen LogP contribution in [0.25, 0.3) is 22.3 Å². The van der Waals surface area contributed by atoms with E-state index in [1.807, 2.05) is 36.4 Å². The number of nitrogens with zero attached hydrogens (tertiary/aromatic N) is 2. The van der Waals surface area contributed by atoms with Gasteiger partial charge in [-0.05, 0) is 90.8 Å². The number of fused-ring (bicyclic) bond motifs is 8. The highest BCUT2D eigenvalue weighted by molar-refractivity contribution is 6.87. The standard InChI is InChI=1S/C55H36B2N2O4/c1-35-54-46(56-52-44(42-26-14-16-28-48(42)62-56)30-40(32-50(52)60-54)58(36-18-6-2-7-19-36)37-20-8-3-9-21-37)34-47-55(35)61-51-33-41(31-45-43-27-15-17-29-49(43)63-57(47)53(45)51)59(38-22-10-4-11-23-38)39-24-12-5-13-25-39/h2-34H,1H3. The molecule has 0 bridgehead atoms. The van der Waals surface area contributed by atoms with Crippen molar-refractivity contribution in [3.8, 4) is 56.8 Å². The third kappa shape index (κ3) is 5.54. The molecule has 4 aliphatic heterocycles. The molecule has 0 saturated heterocycles. The predicted molar refractivity (Wildman–Crippen MR) is 256 cm³/mol. The highest BCUT2D eigenvalue weighted by Gasteiger charge is 2.47. The summed E-state index contributed by atoms with van der Waals surface area (Å²) < 4.78 is 28.5. The average molecular weight is 811 g/mol. The first kappa shape index (κ1) is 35.6. The number of benzene rings is 9. The van der Waals surface area contributed by atoms with E-state index in [4.69, 9.17) is 18.8 Å². The van der Waals surface area contributed by atoms with Crippen LogP contribution >= 0.6 is 0 Å². The normalized spacial score (nSPS) is 13.0. The molecule has 0 fully saturated rings. The predicted octanol–water partition coefficient (Wildman–Crippen LogP) is 11.5. The van der Waals surface area contributed by atoms with E-state index in [2.05, 4.69) is 181 Å². The van der Waals surface area contributed by atoms with E-state index in [0.29, 0.717) is 0 Å². The SMILES string of the molecule is Cc1c2c(cc3c1Oc1cc(N(c4ccccc4)c4ccccc4)cc4c1B3Oc1ccccc1-4)B1Oc3ccccc3-c3cc(N(c4ccccc4)c4ccccc4)cc(c31)O2. The summed E-state index contributed by atoms with van der Waals surface area (Å²) in [6, 6.07) is 69.6. The molecule has 63 heavy (non-hydrogen) atoms. The molecule has 296 valence electrons. The van der Waals surface area contributed by atoms with Crippen LogP contribution in [0, 0.1) is 6.92 Å². The molecule has 0 radical (unpaired) electrons. The summed E-state index contributed by atoms with van der Waals surface area (Å²) in [5, 5.41) is 0. The molecule has 9 aromatic rings. The molecule has 9 aromatic carbocycles. The quantitative estimate of drug-likeness (QED) is 0.156. The number of anilines is 6. The molecule has 0 unspecified atom stereocenters. The summed E-state index contributed by atoms with van der Waals surface area (Å²) in [5.41, 5.74) is 15.1. The maximum absolute atomic E-state index is 7.19. The fraction of sp³-hybridized carbons (Fsp3) is 0.0182. The molecule has 0 N–H and O–H groups in total. The lowest BCUT2D eigenvalue weighted by Gasteiger charge is -2.38. The Labute approximate surface area is 366 Å². The van der Waals surface area contributed by atoms with Gasteiger partial charge in [-0.3, -0.25) is 0 Å². The number of hydrogen-bond acceptors (Lipinski definition) is 6. The van der Waals surface area contributed by atoms with E-state index in [1.54, 1.807) is 0 Å². The van der Waals surface area contributed by atoms with Crippen LogP contribution in [0.1, 0.15) is 5.56 Å². The average Bonchev–Trinajstić information content (AvgIpc) is 3.34. The molecule has 0 amide bonds. The van der Waals surface area contributed by atoms with Crippen LogP contribution in [0.4, 0.5) is 34.1 Å². The van der Waals surface area contributed by atoms with Gasteiger partial charge in [-0.2, -0.15) is 0 Å². The first-order valence-electron chi connectivity index (χ1n) is 21.4. The first-order chi connectivity index (χ1) is 31.2.